The standard InChI is InChI=1S/C16H20N2O/c1-3-4-13-6-8-14(9-7-13)17-11-15-16(19)10-5-12(2)18-15/h5-10,17,19H,3-4,11H2,1-2H3. The van der Waals surface area contributed by atoms with E-state index < -0.39 is 0 Å². The van der Waals surface area contributed by atoms with Crippen LogP contribution in [0.3, 0.4) is 0 Å². The molecule has 0 aliphatic rings. The van der Waals surface area contributed by atoms with Crippen LogP contribution in [-0.2, 0) is 13.0 Å². The van der Waals surface area contributed by atoms with Gasteiger partial charge in [-0.05, 0) is 43.2 Å². The number of benzene rings is 1. The lowest BCUT2D eigenvalue weighted by Gasteiger charge is -2.09. The zero-order valence-corrected chi connectivity index (χ0v) is 11.5. The molecule has 0 unspecified atom stereocenters. The van der Waals surface area contributed by atoms with Gasteiger partial charge in [0.1, 0.15) is 11.4 Å². The molecule has 0 saturated heterocycles. The maximum Gasteiger partial charge on any atom is 0.138 e. The fraction of sp³-hybridized carbons (Fsp3) is 0.312. The van der Waals surface area contributed by atoms with Gasteiger partial charge in [-0.2, -0.15) is 0 Å². The highest BCUT2D eigenvalue weighted by Gasteiger charge is 2.03. The molecule has 19 heavy (non-hydrogen) atoms. The van der Waals surface area contributed by atoms with Gasteiger partial charge in [0, 0.05) is 11.4 Å². The van der Waals surface area contributed by atoms with E-state index in [1.54, 1.807) is 12.1 Å². The van der Waals surface area contributed by atoms with Crippen LogP contribution in [0.1, 0.15) is 30.3 Å². The molecule has 0 amide bonds. The van der Waals surface area contributed by atoms with Crippen LogP contribution in [0.2, 0.25) is 0 Å². The minimum absolute atomic E-state index is 0.237. The fourth-order valence-electron chi connectivity index (χ4n) is 2.00. The Hall–Kier alpha value is -2.03. The van der Waals surface area contributed by atoms with Crippen molar-refractivity contribution in [2.24, 2.45) is 0 Å². The lowest BCUT2D eigenvalue weighted by atomic mass is 10.1. The summed E-state index contributed by atoms with van der Waals surface area (Å²) in [7, 11) is 0. The average Bonchev–Trinajstić information content (AvgIpc) is 2.42. The van der Waals surface area contributed by atoms with Crippen molar-refractivity contribution in [1.82, 2.24) is 4.98 Å². The molecule has 2 rings (SSSR count). The van der Waals surface area contributed by atoms with Crippen molar-refractivity contribution in [3.05, 3.63) is 53.3 Å². The number of hydrogen-bond donors (Lipinski definition) is 2. The van der Waals surface area contributed by atoms with Crippen LogP contribution in [0.25, 0.3) is 0 Å². The molecule has 2 N–H and O–H groups in total. The molecule has 0 radical (unpaired) electrons. The molecule has 1 heterocycles. The summed E-state index contributed by atoms with van der Waals surface area (Å²) >= 11 is 0. The number of rotatable bonds is 5. The van der Waals surface area contributed by atoms with E-state index in [9.17, 15) is 5.11 Å². The minimum Gasteiger partial charge on any atom is -0.506 e. The summed E-state index contributed by atoms with van der Waals surface area (Å²) in [5.41, 5.74) is 3.98. The quantitative estimate of drug-likeness (QED) is 0.858. The van der Waals surface area contributed by atoms with E-state index in [1.807, 2.05) is 6.92 Å². The molecule has 100 valence electrons. The van der Waals surface area contributed by atoms with Gasteiger partial charge < -0.3 is 10.4 Å². The normalized spacial score (nSPS) is 10.4. The largest absolute Gasteiger partial charge is 0.506 e. The first-order valence-corrected chi connectivity index (χ1v) is 6.67. The van der Waals surface area contributed by atoms with E-state index in [1.165, 1.54) is 5.56 Å². The van der Waals surface area contributed by atoms with Gasteiger partial charge in [0.2, 0.25) is 0 Å². The van der Waals surface area contributed by atoms with Crippen molar-refractivity contribution < 1.29 is 5.11 Å². The lowest BCUT2D eigenvalue weighted by Crippen LogP contribution is -2.02. The number of aromatic nitrogens is 1. The summed E-state index contributed by atoms with van der Waals surface area (Å²) < 4.78 is 0. The van der Waals surface area contributed by atoms with E-state index >= 15 is 0 Å². The van der Waals surface area contributed by atoms with Crippen molar-refractivity contribution in [1.29, 1.82) is 0 Å². The number of hydrogen-bond acceptors (Lipinski definition) is 3. The third kappa shape index (κ3) is 3.71. The average molecular weight is 256 g/mol. The number of pyridine rings is 1. The molecule has 0 aliphatic heterocycles. The second-order valence-electron chi connectivity index (χ2n) is 4.72. The Morgan fingerprint density at radius 2 is 1.84 bits per heavy atom. The minimum atomic E-state index is 0.237. The van der Waals surface area contributed by atoms with Crippen LogP contribution in [0.15, 0.2) is 36.4 Å². The molecular weight excluding hydrogens is 236 g/mol. The summed E-state index contributed by atoms with van der Waals surface area (Å²) in [6.45, 7) is 4.63. The van der Waals surface area contributed by atoms with Gasteiger partial charge in [-0.3, -0.25) is 4.98 Å². The van der Waals surface area contributed by atoms with Gasteiger partial charge in [0.05, 0.1) is 6.54 Å². The van der Waals surface area contributed by atoms with Crippen LogP contribution < -0.4 is 5.32 Å². The Morgan fingerprint density at radius 1 is 1.11 bits per heavy atom. The van der Waals surface area contributed by atoms with Crippen LogP contribution in [-0.4, -0.2) is 10.1 Å². The molecule has 2 aromatic rings. The van der Waals surface area contributed by atoms with Crippen molar-refractivity contribution in [2.45, 2.75) is 33.2 Å². The predicted octanol–water partition coefficient (Wildman–Crippen LogP) is 3.66. The first-order valence-electron chi connectivity index (χ1n) is 6.67. The van der Waals surface area contributed by atoms with Gasteiger partial charge in [0.25, 0.3) is 0 Å². The molecule has 0 fully saturated rings. The van der Waals surface area contributed by atoms with Gasteiger partial charge in [0.15, 0.2) is 0 Å². The van der Waals surface area contributed by atoms with E-state index in [0.29, 0.717) is 12.2 Å². The maximum absolute atomic E-state index is 9.72. The lowest BCUT2D eigenvalue weighted by molar-refractivity contribution is 0.464. The van der Waals surface area contributed by atoms with Crippen molar-refractivity contribution in [3.63, 3.8) is 0 Å². The Morgan fingerprint density at radius 3 is 2.53 bits per heavy atom. The topological polar surface area (TPSA) is 45.2 Å². The second kappa shape index (κ2) is 6.23. The summed E-state index contributed by atoms with van der Waals surface area (Å²) in [6, 6.07) is 11.9. The molecule has 0 aliphatic carbocycles. The Labute approximate surface area is 114 Å². The smallest absolute Gasteiger partial charge is 0.138 e. The highest BCUT2D eigenvalue weighted by Crippen LogP contribution is 2.17. The maximum atomic E-state index is 9.72. The zero-order valence-electron chi connectivity index (χ0n) is 11.5. The number of anilines is 1. The number of nitrogens with zero attached hydrogens (tertiary/aromatic N) is 1. The van der Waals surface area contributed by atoms with E-state index in [0.717, 1.165) is 24.2 Å². The molecular formula is C16H20N2O. The summed E-state index contributed by atoms with van der Waals surface area (Å²) in [5, 5.41) is 13.0. The van der Waals surface area contributed by atoms with E-state index in [4.69, 9.17) is 0 Å². The summed E-state index contributed by atoms with van der Waals surface area (Å²) in [6.07, 6.45) is 2.27. The SMILES string of the molecule is CCCc1ccc(NCc2nc(C)ccc2O)cc1. The highest BCUT2D eigenvalue weighted by atomic mass is 16.3. The van der Waals surface area contributed by atoms with E-state index in [-0.39, 0.29) is 5.75 Å². The summed E-state index contributed by atoms with van der Waals surface area (Å²) in [4.78, 5) is 4.32. The summed E-state index contributed by atoms with van der Waals surface area (Å²) in [5.74, 6) is 0.237. The number of nitrogens with one attached hydrogen (secondary N) is 1. The number of aryl methyl sites for hydroxylation is 2. The zero-order chi connectivity index (χ0) is 13.7. The van der Waals surface area contributed by atoms with Gasteiger partial charge in [-0.1, -0.05) is 25.5 Å². The van der Waals surface area contributed by atoms with Crippen molar-refractivity contribution in [2.75, 3.05) is 5.32 Å². The second-order valence-corrected chi connectivity index (χ2v) is 4.72. The van der Waals surface area contributed by atoms with Crippen LogP contribution in [0.5, 0.6) is 5.75 Å². The third-order valence-corrected chi connectivity index (χ3v) is 3.04. The monoisotopic (exact) mass is 256 g/mol. The highest BCUT2D eigenvalue weighted by molar-refractivity contribution is 5.45. The van der Waals surface area contributed by atoms with Crippen LogP contribution in [0.4, 0.5) is 5.69 Å². The third-order valence-electron chi connectivity index (χ3n) is 3.04. The van der Waals surface area contributed by atoms with E-state index in [2.05, 4.69) is 41.5 Å². The number of aromatic hydroxyl groups is 1. The Balaban J connectivity index is 2.00. The van der Waals surface area contributed by atoms with Crippen LogP contribution in [0, 0.1) is 6.92 Å². The molecule has 1 aromatic heterocycles. The Bertz CT molecular complexity index is 535. The molecule has 0 spiro atoms. The predicted molar refractivity (Wildman–Crippen MR) is 78.4 cm³/mol. The molecule has 0 bridgehead atoms. The van der Waals surface area contributed by atoms with Gasteiger partial charge >= 0.3 is 0 Å². The van der Waals surface area contributed by atoms with Gasteiger partial charge in [-0.25, -0.2) is 0 Å². The Kier molecular flexibility index (Phi) is 4.39. The first-order chi connectivity index (χ1) is 9.19. The molecule has 0 atom stereocenters. The van der Waals surface area contributed by atoms with Crippen molar-refractivity contribution in [3.8, 4) is 5.75 Å². The fourth-order valence-corrected chi connectivity index (χ4v) is 2.00. The molecule has 0 saturated carbocycles. The molecule has 3 heteroatoms. The first kappa shape index (κ1) is 13.4. The van der Waals surface area contributed by atoms with Crippen LogP contribution >= 0.6 is 0 Å². The molecule has 1 aromatic carbocycles. The molecule has 3 nitrogen and oxygen atoms in total. The van der Waals surface area contributed by atoms with Gasteiger partial charge in [-0.15, -0.1) is 0 Å². The van der Waals surface area contributed by atoms with Crippen molar-refractivity contribution >= 4 is 5.69 Å².